The van der Waals surface area contributed by atoms with Gasteiger partial charge in [0.25, 0.3) is 0 Å². The third-order valence-corrected chi connectivity index (χ3v) is 3.79. The van der Waals surface area contributed by atoms with Crippen molar-refractivity contribution in [1.29, 1.82) is 0 Å². The Morgan fingerprint density at radius 3 is 2.79 bits per heavy atom. The van der Waals surface area contributed by atoms with Crippen molar-refractivity contribution < 1.29 is 9.18 Å². The van der Waals surface area contributed by atoms with Crippen LogP contribution in [0, 0.1) is 5.82 Å². The minimum Gasteiger partial charge on any atom is -0.399 e. The fraction of sp³-hybridized carbons (Fsp3) is 0.0714. The molecule has 0 heterocycles. The third-order valence-electron chi connectivity index (χ3n) is 2.67. The zero-order valence-electron chi connectivity index (χ0n) is 9.79. The van der Waals surface area contributed by atoms with Gasteiger partial charge < -0.3 is 5.73 Å². The molecule has 0 radical (unpaired) electrons. The maximum atomic E-state index is 13.3. The van der Waals surface area contributed by atoms with Crippen molar-refractivity contribution in [2.75, 3.05) is 5.73 Å². The van der Waals surface area contributed by atoms with Crippen LogP contribution in [-0.2, 0) is 6.42 Å². The predicted molar refractivity (Wildman–Crippen MR) is 78.0 cm³/mol. The van der Waals surface area contributed by atoms with E-state index in [1.807, 2.05) is 0 Å². The Morgan fingerprint density at radius 2 is 2.05 bits per heavy atom. The van der Waals surface area contributed by atoms with E-state index >= 15 is 0 Å². The van der Waals surface area contributed by atoms with Crippen LogP contribution in [-0.4, -0.2) is 5.78 Å². The van der Waals surface area contributed by atoms with Crippen molar-refractivity contribution in [1.82, 2.24) is 0 Å². The monoisotopic (exact) mass is 341 g/mol. The van der Waals surface area contributed by atoms with Crippen LogP contribution in [0.5, 0.6) is 0 Å². The zero-order chi connectivity index (χ0) is 14.0. The summed E-state index contributed by atoms with van der Waals surface area (Å²) in [5, 5.41) is -0.0177. The number of hydrogen-bond acceptors (Lipinski definition) is 2. The van der Waals surface area contributed by atoms with Crippen molar-refractivity contribution in [3.05, 3.63) is 62.8 Å². The van der Waals surface area contributed by atoms with Crippen molar-refractivity contribution in [3.63, 3.8) is 0 Å². The van der Waals surface area contributed by atoms with Crippen LogP contribution in [0.1, 0.15) is 15.9 Å². The Hall–Kier alpha value is -1.39. The first kappa shape index (κ1) is 14.0. The summed E-state index contributed by atoms with van der Waals surface area (Å²) in [6, 6.07) is 9.39. The summed E-state index contributed by atoms with van der Waals surface area (Å²) in [4.78, 5) is 12.2. The molecule has 0 aliphatic rings. The van der Waals surface area contributed by atoms with E-state index < -0.39 is 5.82 Å². The van der Waals surface area contributed by atoms with Crippen molar-refractivity contribution in [2.45, 2.75) is 6.42 Å². The number of ketones is 1. The van der Waals surface area contributed by atoms with Gasteiger partial charge in [-0.3, -0.25) is 4.79 Å². The Bertz CT molecular complexity index is 645. The first-order valence-corrected chi connectivity index (χ1v) is 6.67. The summed E-state index contributed by atoms with van der Waals surface area (Å²) in [5.41, 5.74) is 7.07. The molecule has 0 fully saturated rings. The maximum absolute atomic E-state index is 13.3. The van der Waals surface area contributed by atoms with Crippen LogP contribution in [0.4, 0.5) is 10.1 Å². The molecule has 0 saturated heterocycles. The van der Waals surface area contributed by atoms with Crippen LogP contribution in [0.3, 0.4) is 0 Å². The van der Waals surface area contributed by atoms with Crippen LogP contribution in [0.2, 0.25) is 5.02 Å². The molecule has 0 aromatic heterocycles. The summed E-state index contributed by atoms with van der Waals surface area (Å²) < 4.78 is 14.0. The van der Waals surface area contributed by atoms with Gasteiger partial charge in [-0.1, -0.05) is 39.7 Å². The molecule has 0 bridgehead atoms. The Labute approximate surface area is 123 Å². The SMILES string of the molecule is Nc1ccc(Br)c(C(=O)Cc2cccc(F)c2Cl)c1. The van der Waals surface area contributed by atoms with Gasteiger partial charge in [0.15, 0.2) is 5.78 Å². The highest BCUT2D eigenvalue weighted by Crippen LogP contribution is 2.24. The van der Waals surface area contributed by atoms with Crippen molar-refractivity contribution in [3.8, 4) is 0 Å². The molecule has 2 aromatic carbocycles. The standard InChI is InChI=1S/C14H10BrClFNO/c15-11-5-4-9(18)7-10(11)13(19)6-8-2-1-3-12(17)14(8)16/h1-5,7H,6,18H2. The minimum atomic E-state index is -0.529. The fourth-order valence-electron chi connectivity index (χ4n) is 1.71. The number of nitrogen functional groups attached to an aromatic ring is 1. The van der Waals surface area contributed by atoms with Crippen LogP contribution >= 0.6 is 27.5 Å². The molecule has 2 N–H and O–H groups in total. The molecule has 0 atom stereocenters. The average Bonchev–Trinajstić information content (AvgIpc) is 2.38. The second-order valence-electron chi connectivity index (χ2n) is 4.05. The molecule has 5 heteroatoms. The second-order valence-corrected chi connectivity index (χ2v) is 5.28. The van der Waals surface area contributed by atoms with E-state index in [0.29, 0.717) is 21.3 Å². The van der Waals surface area contributed by atoms with Gasteiger partial charge in [0.05, 0.1) is 5.02 Å². The number of halogens is 3. The predicted octanol–water partition coefficient (Wildman–Crippen LogP) is 4.25. The number of carbonyl (C=O) groups is 1. The maximum Gasteiger partial charge on any atom is 0.168 e. The quantitative estimate of drug-likeness (QED) is 0.669. The van der Waals surface area contributed by atoms with E-state index in [4.69, 9.17) is 17.3 Å². The van der Waals surface area contributed by atoms with E-state index in [-0.39, 0.29) is 17.2 Å². The van der Waals surface area contributed by atoms with Crippen molar-refractivity contribution >= 4 is 39.0 Å². The molecule has 2 rings (SSSR count). The highest BCUT2D eigenvalue weighted by Gasteiger charge is 2.14. The van der Waals surface area contributed by atoms with E-state index in [9.17, 15) is 9.18 Å². The van der Waals surface area contributed by atoms with E-state index in [0.717, 1.165) is 0 Å². The van der Waals surface area contributed by atoms with Crippen LogP contribution in [0.25, 0.3) is 0 Å². The third kappa shape index (κ3) is 3.14. The lowest BCUT2D eigenvalue weighted by atomic mass is 10.0. The Morgan fingerprint density at radius 1 is 1.32 bits per heavy atom. The average molecular weight is 343 g/mol. The molecular formula is C14H10BrClFNO. The topological polar surface area (TPSA) is 43.1 Å². The molecule has 2 nitrogen and oxygen atoms in total. The molecule has 0 amide bonds. The van der Waals surface area contributed by atoms with Gasteiger partial charge in [-0.15, -0.1) is 0 Å². The molecule has 0 saturated carbocycles. The van der Waals surface area contributed by atoms with Gasteiger partial charge >= 0.3 is 0 Å². The lowest BCUT2D eigenvalue weighted by Gasteiger charge is -2.07. The van der Waals surface area contributed by atoms with Crippen LogP contribution in [0.15, 0.2) is 40.9 Å². The van der Waals surface area contributed by atoms with Crippen molar-refractivity contribution in [2.24, 2.45) is 0 Å². The summed E-state index contributed by atoms with van der Waals surface area (Å²) in [6.07, 6.45) is 0.0264. The molecule has 19 heavy (non-hydrogen) atoms. The molecule has 0 unspecified atom stereocenters. The van der Waals surface area contributed by atoms with Crippen LogP contribution < -0.4 is 5.73 Å². The van der Waals surface area contributed by atoms with Gasteiger partial charge in [-0.2, -0.15) is 0 Å². The molecule has 0 spiro atoms. The molecular weight excluding hydrogens is 333 g/mol. The fourth-order valence-corrected chi connectivity index (χ4v) is 2.37. The lowest BCUT2D eigenvalue weighted by molar-refractivity contribution is 0.0992. The lowest BCUT2D eigenvalue weighted by Crippen LogP contribution is -2.06. The van der Waals surface area contributed by atoms with Gasteiger partial charge in [-0.05, 0) is 29.8 Å². The summed E-state index contributed by atoms with van der Waals surface area (Å²) in [7, 11) is 0. The van der Waals surface area contributed by atoms with Gasteiger partial charge in [0.2, 0.25) is 0 Å². The molecule has 98 valence electrons. The Kier molecular flexibility index (Phi) is 4.22. The first-order valence-electron chi connectivity index (χ1n) is 5.50. The minimum absolute atomic E-state index is 0.0177. The van der Waals surface area contributed by atoms with E-state index in [1.54, 1.807) is 24.3 Å². The van der Waals surface area contributed by atoms with Gasteiger partial charge in [-0.25, -0.2) is 4.39 Å². The summed E-state index contributed by atoms with van der Waals surface area (Å²) in [6.45, 7) is 0. The smallest absolute Gasteiger partial charge is 0.168 e. The highest BCUT2D eigenvalue weighted by molar-refractivity contribution is 9.10. The summed E-state index contributed by atoms with van der Waals surface area (Å²) >= 11 is 9.13. The van der Waals surface area contributed by atoms with E-state index in [1.165, 1.54) is 12.1 Å². The summed E-state index contributed by atoms with van der Waals surface area (Å²) in [5.74, 6) is -0.703. The number of carbonyl (C=O) groups excluding carboxylic acids is 1. The first-order chi connectivity index (χ1) is 8.99. The number of hydrogen-bond donors (Lipinski definition) is 1. The highest BCUT2D eigenvalue weighted by atomic mass is 79.9. The van der Waals surface area contributed by atoms with Gasteiger partial charge in [0, 0.05) is 22.1 Å². The number of Topliss-reactive ketones (excluding diaryl/α,β-unsaturated/α-hetero) is 1. The largest absolute Gasteiger partial charge is 0.399 e. The zero-order valence-corrected chi connectivity index (χ0v) is 12.1. The van der Waals surface area contributed by atoms with E-state index in [2.05, 4.69) is 15.9 Å². The number of anilines is 1. The Balaban J connectivity index is 2.31. The molecule has 2 aromatic rings. The van der Waals surface area contributed by atoms with Gasteiger partial charge in [0.1, 0.15) is 5.82 Å². The molecule has 0 aliphatic carbocycles. The normalized spacial score (nSPS) is 10.5. The number of nitrogens with two attached hydrogens (primary N) is 1. The number of benzene rings is 2. The molecule has 0 aliphatic heterocycles. The number of rotatable bonds is 3. The second kappa shape index (κ2) is 5.72.